The molecule has 5 aliphatic rings. The van der Waals surface area contributed by atoms with E-state index in [9.17, 15) is 9.90 Å². The number of rotatable bonds is 1. The third kappa shape index (κ3) is 2.94. The molecule has 8 unspecified atom stereocenters. The fourth-order valence-corrected chi connectivity index (χ4v) is 9.00. The highest BCUT2D eigenvalue weighted by atomic mass is 16.3. The molecule has 4 saturated carbocycles. The van der Waals surface area contributed by atoms with Gasteiger partial charge in [-0.3, -0.25) is 0 Å². The first-order valence-electron chi connectivity index (χ1n) is 12.5. The second-order valence-electron chi connectivity index (χ2n) is 12.9. The van der Waals surface area contributed by atoms with Gasteiger partial charge in [-0.2, -0.15) is 0 Å². The Kier molecular flexibility index (Phi) is 4.67. The molecule has 0 amide bonds. The Morgan fingerprint density at radius 3 is 2.45 bits per heavy atom. The summed E-state index contributed by atoms with van der Waals surface area (Å²) in [5.41, 5.74) is 2.09. The van der Waals surface area contributed by atoms with Crippen molar-refractivity contribution in [2.75, 3.05) is 0 Å². The molecule has 2 nitrogen and oxygen atoms in total. The van der Waals surface area contributed by atoms with Gasteiger partial charge in [0.05, 0.1) is 6.10 Å². The lowest BCUT2D eigenvalue weighted by atomic mass is 9.45. The average Bonchev–Trinajstić information content (AvgIpc) is 2.69. The van der Waals surface area contributed by atoms with Crippen molar-refractivity contribution in [1.29, 1.82) is 0 Å². The molecule has 0 aromatic carbocycles. The lowest BCUT2D eigenvalue weighted by Gasteiger charge is -2.60. The van der Waals surface area contributed by atoms with E-state index in [0.29, 0.717) is 17.3 Å². The van der Waals surface area contributed by atoms with Crippen molar-refractivity contribution < 1.29 is 9.90 Å². The van der Waals surface area contributed by atoms with Gasteiger partial charge in [0.25, 0.3) is 0 Å². The highest BCUT2D eigenvalue weighted by molar-refractivity contribution is 5.62. The van der Waals surface area contributed by atoms with Crippen LogP contribution < -0.4 is 0 Å². The van der Waals surface area contributed by atoms with Crippen LogP contribution in [0.25, 0.3) is 0 Å². The van der Waals surface area contributed by atoms with Gasteiger partial charge in [0.1, 0.15) is 6.29 Å². The molecule has 0 radical (unpaired) electrons. The van der Waals surface area contributed by atoms with Crippen molar-refractivity contribution in [1.82, 2.24) is 0 Å². The van der Waals surface area contributed by atoms with E-state index in [0.717, 1.165) is 42.9 Å². The summed E-state index contributed by atoms with van der Waals surface area (Å²) in [4.78, 5) is 12.3. The number of hydrogen-bond donors (Lipinski definition) is 1. The number of carbonyl (C=O) groups is 1. The molecular formula is C27H42O2. The van der Waals surface area contributed by atoms with Crippen LogP contribution in [0.15, 0.2) is 11.6 Å². The number of carbonyl (C=O) groups excluding carboxylic acids is 1. The van der Waals surface area contributed by atoms with Gasteiger partial charge in [0.15, 0.2) is 0 Å². The molecule has 5 rings (SSSR count). The zero-order valence-electron chi connectivity index (χ0n) is 19.1. The number of allylic oxidation sites excluding steroid dienone is 2. The largest absolute Gasteiger partial charge is 0.393 e. The van der Waals surface area contributed by atoms with Crippen LogP contribution in [-0.2, 0) is 4.79 Å². The lowest BCUT2D eigenvalue weighted by molar-refractivity contribution is -0.128. The first-order chi connectivity index (χ1) is 13.7. The Labute approximate surface area is 177 Å². The SMILES string of the molecule is CC1(C)CCC2(C=O)CCC3C(=CCC4C3CCC3C4CCC(O)C3(C)C)C2C1. The summed E-state index contributed by atoms with van der Waals surface area (Å²) in [5.74, 6) is 4.37. The summed E-state index contributed by atoms with van der Waals surface area (Å²) in [6.07, 6.45) is 15.8. The zero-order valence-corrected chi connectivity index (χ0v) is 19.1. The highest BCUT2D eigenvalue weighted by Crippen LogP contribution is 2.64. The summed E-state index contributed by atoms with van der Waals surface area (Å²) in [5, 5.41) is 10.6. The molecule has 4 fully saturated rings. The first-order valence-corrected chi connectivity index (χ1v) is 12.5. The number of aldehydes is 1. The predicted molar refractivity (Wildman–Crippen MR) is 117 cm³/mol. The normalized spacial score (nSPS) is 50.2. The molecule has 8 atom stereocenters. The minimum Gasteiger partial charge on any atom is -0.393 e. The maximum Gasteiger partial charge on any atom is 0.126 e. The van der Waals surface area contributed by atoms with Crippen molar-refractivity contribution >= 4 is 6.29 Å². The maximum absolute atomic E-state index is 12.3. The molecule has 29 heavy (non-hydrogen) atoms. The molecule has 1 N–H and O–H groups in total. The molecule has 0 aromatic heterocycles. The first kappa shape index (κ1) is 20.3. The standard InChI is InChI=1S/C27H42O2/c1-25(2)13-14-27(16-28)12-11-19-17-7-9-22-20(8-10-24(29)26(22,3)4)18(17)5-6-21(19)23(27)15-25/h6,16-20,22-24,29H,5,7-15H2,1-4H3. The van der Waals surface area contributed by atoms with Crippen molar-refractivity contribution in [3.63, 3.8) is 0 Å². The van der Waals surface area contributed by atoms with Gasteiger partial charge >= 0.3 is 0 Å². The van der Waals surface area contributed by atoms with Crippen LogP contribution in [0.5, 0.6) is 0 Å². The van der Waals surface area contributed by atoms with Crippen LogP contribution in [0.1, 0.15) is 91.9 Å². The number of aliphatic hydroxyl groups excluding tert-OH is 1. The van der Waals surface area contributed by atoms with Crippen molar-refractivity contribution in [2.24, 2.45) is 51.8 Å². The fraction of sp³-hybridized carbons (Fsp3) is 0.889. The molecule has 0 heterocycles. The monoisotopic (exact) mass is 398 g/mol. The van der Waals surface area contributed by atoms with Gasteiger partial charge in [-0.05, 0) is 111 Å². The van der Waals surface area contributed by atoms with Crippen LogP contribution in [0.4, 0.5) is 0 Å². The molecule has 0 bridgehead atoms. The van der Waals surface area contributed by atoms with Crippen LogP contribution in [0.3, 0.4) is 0 Å². The van der Waals surface area contributed by atoms with Gasteiger partial charge in [0.2, 0.25) is 0 Å². The van der Waals surface area contributed by atoms with Gasteiger partial charge in [0, 0.05) is 5.41 Å². The van der Waals surface area contributed by atoms with Crippen LogP contribution >= 0.6 is 0 Å². The minimum atomic E-state index is -0.123. The molecule has 0 aliphatic heterocycles. The Bertz CT molecular complexity index is 703. The second kappa shape index (κ2) is 6.68. The molecular weight excluding hydrogens is 356 g/mol. The minimum absolute atomic E-state index is 0.0567. The Morgan fingerprint density at radius 1 is 0.931 bits per heavy atom. The van der Waals surface area contributed by atoms with Gasteiger partial charge in [-0.1, -0.05) is 39.3 Å². The Morgan fingerprint density at radius 2 is 1.69 bits per heavy atom. The summed E-state index contributed by atoms with van der Waals surface area (Å²) < 4.78 is 0. The molecule has 2 heteroatoms. The Balaban J connectivity index is 1.45. The molecule has 0 spiro atoms. The molecule has 0 saturated heterocycles. The van der Waals surface area contributed by atoms with Crippen LogP contribution in [0.2, 0.25) is 0 Å². The van der Waals surface area contributed by atoms with E-state index in [1.54, 1.807) is 5.57 Å². The van der Waals surface area contributed by atoms with Gasteiger partial charge in [-0.15, -0.1) is 0 Å². The van der Waals surface area contributed by atoms with E-state index in [-0.39, 0.29) is 16.9 Å². The highest BCUT2D eigenvalue weighted by Gasteiger charge is 2.57. The van der Waals surface area contributed by atoms with Gasteiger partial charge < -0.3 is 9.90 Å². The number of aliphatic hydroxyl groups is 1. The smallest absolute Gasteiger partial charge is 0.126 e. The molecule has 162 valence electrons. The van der Waals surface area contributed by atoms with E-state index in [1.165, 1.54) is 51.2 Å². The summed E-state index contributed by atoms with van der Waals surface area (Å²) in [6, 6.07) is 0. The van der Waals surface area contributed by atoms with E-state index < -0.39 is 0 Å². The lowest BCUT2D eigenvalue weighted by Crippen LogP contribution is -2.54. The number of hydrogen-bond acceptors (Lipinski definition) is 2. The number of fused-ring (bicyclic) bond motifs is 7. The fourth-order valence-electron chi connectivity index (χ4n) is 9.00. The zero-order chi connectivity index (χ0) is 20.6. The summed E-state index contributed by atoms with van der Waals surface area (Å²) in [7, 11) is 0. The molecule has 0 aromatic rings. The van der Waals surface area contributed by atoms with Crippen molar-refractivity contribution in [2.45, 2.75) is 98.0 Å². The van der Waals surface area contributed by atoms with E-state index in [4.69, 9.17) is 0 Å². The third-order valence-electron chi connectivity index (χ3n) is 10.9. The van der Waals surface area contributed by atoms with Crippen LogP contribution in [0, 0.1) is 51.8 Å². The van der Waals surface area contributed by atoms with E-state index in [1.807, 2.05) is 0 Å². The van der Waals surface area contributed by atoms with Crippen molar-refractivity contribution in [3.8, 4) is 0 Å². The topological polar surface area (TPSA) is 37.3 Å². The maximum atomic E-state index is 12.3. The van der Waals surface area contributed by atoms with E-state index >= 15 is 0 Å². The van der Waals surface area contributed by atoms with Gasteiger partial charge in [-0.25, -0.2) is 0 Å². The quantitative estimate of drug-likeness (QED) is 0.423. The predicted octanol–water partition coefficient (Wildman–Crippen LogP) is 6.18. The molecule has 5 aliphatic carbocycles. The summed E-state index contributed by atoms with van der Waals surface area (Å²) in [6.45, 7) is 9.47. The summed E-state index contributed by atoms with van der Waals surface area (Å²) >= 11 is 0. The van der Waals surface area contributed by atoms with E-state index in [2.05, 4.69) is 33.8 Å². The van der Waals surface area contributed by atoms with Crippen molar-refractivity contribution in [3.05, 3.63) is 11.6 Å². The second-order valence-corrected chi connectivity index (χ2v) is 12.9. The van der Waals surface area contributed by atoms with Crippen LogP contribution in [-0.4, -0.2) is 17.5 Å². The Hall–Kier alpha value is -0.630. The average molecular weight is 399 g/mol. The third-order valence-corrected chi connectivity index (χ3v) is 10.9.